The number of pyridine rings is 1. The Hall–Kier alpha value is -3.12. The van der Waals surface area contributed by atoms with Crippen LogP contribution in [0.5, 0.6) is 5.75 Å². The van der Waals surface area contributed by atoms with Crippen LogP contribution in [0.3, 0.4) is 0 Å². The van der Waals surface area contributed by atoms with Crippen molar-refractivity contribution in [2.45, 2.75) is 20.0 Å². The summed E-state index contributed by atoms with van der Waals surface area (Å²) in [6.07, 6.45) is -0.999. The van der Waals surface area contributed by atoms with Gasteiger partial charge in [0.2, 0.25) is 0 Å². The number of benzene rings is 2. The number of methoxy groups -OCH3 is 1. The number of carbonyl (C=O) groups excluding carboxylic acids is 2. The molecule has 0 spiro atoms. The molecule has 0 unspecified atom stereocenters. The molecular formula is C21H19ClN2O4. The zero-order valence-electron chi connectivity index (χ0n) is 15.7. The molecule has 0 aliphatic heterocycles. The highest BCUT2D eigenvalue weighted by Crippen LogP contribution is 2.27. The van der Waals surface area contributed by atoms with Gasteiger partial charge in [-0.3, -0.25) is 9.78 Å². The van der Waals surface area contributed by atoms with Gasteiger partial charge < -0.3 is 14.8 Å². The molecule has 144 valence electrons. The van der Waals surface area contributed by atoms with Crippen LogP contribution < -0.4 is 10.1 Å². The molecule has 0 aliphatic carbocycles. The van der Waals surface area contributed by atoms with Crippen molar-refractivity contribution in [1.82, 2.24) is 4.98 Å². The number of nitrogens with one attached hydrogen (secondary N) is 1. The van der Waals surface area contributed by atoms with Gasteiger partial charge in [0.15, 0.2) is 6.10 Å². The van der Waals surface area contributed by atoms with Crippen molar-refractivity contribution in [1.29, 1.82) is 0 Å². The summed E-state index contributed by atoms with van der Waals surface area (Å²) in [7, 11) is 1.51. The van der Waals surface area contributed by atoms with E-state index in [1.165, 1.54) is 14.0 Å². The van der Waals surface area contributed by atoms with Crippen molar-refractivity contribution >= 4 is 40.1 Å². The predicted molar refractivity (Wildman–Crippen MR) is 108 cm³/mol. The standard InChI is InChI=1S/C21H19ClN2O4/c1-12-10-16(15-6-4-5-7-18(15)23-12)21(26)28-13(2)20(25)24-14-8-9-19(27-3)17(22)11-14/h4-11,13H,1-3H3,(H,24,25)/t13-/m0/s1. The zero-order valence-corrected chi connectivity index (χ0v) is 16.4. The molecule has 7 heteroatoms. The van der Waals surface area contributed by atoms with Gasteiger partial charge in [0.25, 0.3) is 5.91 Å². The van der Waals surface area contributed by atoms with Crippen LogP contribution in [0.4, 0.5) is 5.69 Å². The van der Waals surface area contributed by atoms with Gasteiger partial charge in [-0.05, 0) is 44.2 Å². The van der Waals surface area contributed by atoms with Crippen molar-refractivity contribution < 1.29 is 19.1 Å². The second-order valence-electron chi connectivity index (χ2n) is 6.21. The van der Waals surface area contributed by atoms with Crippen LogP contribution in [-0.2, 0) is 9.53 Å². The Morgan fingerprint density at radius 3 is 2.61 bits per heavy atom. The fraction of sp³-hybridized carbons (Fsp3) is 0.190. The Morgan fingerprint density at radius 1 is 1.14 bits per heavy atom. The van der Waals surface area contributed by atoms with Crippen molar-refractivity contribution in [2.24, 2.45) is 0 Å². The Bertz CT molecular complexity index is 1050. The molecule has 3 aromatic rings. The average Bonchev–Trinajstić information content (AvgIpc) is 2.67. The molecule has 1 N–H and O–H groups in total. The molecule has 0 radical (unpaired) electrons. The maximum Gasteiger partial charge on any atom is 0.339 e. The minimum atomic E-state index is -0.999. The topological polar surface area (TPSA) is 77.5 Å². The van der Waals surface area contributed by atoms with Gasteiger partial charge in [-0.1, -0.05) is 29.8 Å². The summed E-state index contributed by atoms with van der Waals surface area (Å²) in [6, 6.07) is 13.8. The molecular weight excluding hydrogens is 380 g/mol. The number of hydrogen-bond acceptors (Lipinski definition) is 5. The highest BCUT2D eigenvalue weighted by Gasteiger charge is 2.21. The molecule has 3 rings (SSSR count). The van der Waals surface area contributed by atoms with E-state index in [1.807, 2.05) is 18.2 Å². The summed E-state index contributed by atoms with van der Waals surface area (Å²) in [5.74, 6) is -0.555. The first kappa shape index (κ1) is 19.6. The van der Waals surface area contributed by atoms with Crippen LogP contribution in [0.25, 0.3) is 10.9 Å². The summed E-state index contributed by atoms with van der Waals surface area (Å²) in [4.78, 5) is 29.5. The Morgan fingerprint density at radius 2 is 1.89 bits per heavy atom. The number of para-hydroxylation sites is 1. The van der Waals surface area contributed by atoms with Crippen LogP contribution in [-0.4, -0.2) is 30.1 Å². The number of aromatic nitrogens is 1. The van der Waals surface area contributed by atoms with Crippen molar-refractivity contribution in [2.75, 3.05) is 12.4 Å². The molecule has 0 saturated carbocycles. The van der Waals surface area contributed by atoms with Gasteiger partial charge in [0.1, 0.15) is 5.75 Å². The number of nitrogens with zero attached hydrogens (tertiary/aromatic N) is 1. The van der Waals surface area contributed by atoms with Gasteiger partial charge in [0.05, 0.1) is 23.2 Å². The molecule has 1 aromatic heterocycles. The van der Waals surface area contributed by atoms with Crippen LogP contribution in [0, 0.1) is 6.92 Å². The highest BCUT2D eigenvalue weighted by molar-refractivity contribution is 6.32. The minimum absolute atomic E-state index is 0.365. The van der Waals surface area contributed by atoms with Gasteiger partial charge >= 0.3 is 5.97 Å². The van der Waals surface area contributed by atoms with Crippen molar-refractivity contribution in [3.05, 3.63) is 64.8 Å². The number of fused-ring (bicyclic) bond motifs is 1. The lowest BCUT2D eigenvalue weighted by Crippen LogP contribution is -2.30. The van der Waals surface area contributed by atoms with Gasteiger partial charge in [-0.25, -0.2) is 4.79 Å². The number of amides is 1. The van der Waals surface area contributed by atoms with E-state index in [0.717, 1.165) is 0 Å². The fourth-order valence-electron chi connectivity index (χ4n) is 2.74. The van der Waals surface area contributed by atoms with Gasteiger partial charge in [-0.2, -0.15) is 0 Å². The maximum atomic E-state index is 12.6. The maximum absolute atomic E-state index is 12.6. The molecule has 1 amide bonds. The summed E-state index contributed by atoms with van der Waals surface area (Å²) in [5.41, 5.74) is 2.23. The monoisotopic (exact) mass is 398 g/mol. The average molecular weight is 399 g/mol. The van der Waals surface area contributed by atoms with Crippen LogP contribution in [0.1, 0.15) is 23.0 Å². The number of aryl methyl sites for hydroxylation is 1. The summed E-state index contributed by atoms with van der Waals surface area (Å²) in [6.45, 7) is 3.31. The van der Waals surface area contributed by atoms with E-state index in [-0.39, 0.29) is 0 Å². The van der Waals surface area contributed by atoms with Gasteiger partial charge in [-0.15, -0.1) is 0 Å². The third kappa shape index (κ3) is 4.23. The van der Waals surface area contributed by atoms with Gasteiger partial charge in [0, 0.05) is 16.8 Å². The van der Waals surface area contributed by atoms with Crippen LogP contribution in [0.2, 0.25) is 5.02 Å². The van der Waals surface area contributed by atoms with E-state index in [0.29, 0.717) is 38.6 Å². The smallest absolute Gasteiger partial charge is 0.339 e. The summed E-state index contributed by atoms with van der Waals surface area (Å²) < 4.78 is 10.5. The van der Waals surface area contributed by atoms with Crippen LogP contribution in [0.15, 0.2) is 48.5 Å². The first-order valence-electron chi connectivity index (χ1n) is 8.61. The minimum Gasteiger partial charge on any atom is -0.495 e. The lowest BCUT2D eigenvalue weighted by Gasteiger charge is -2.15. The second-order valence-corrected chi connectivity index (χ2v) is 6.62. The third-order valence-electron chi connectivity index (χ3n) is 4.14. The Labute approximate surface area is 167 Å². The second kappa shape index (κ2) is 8.27. The number of hydrogen-bond donors (Lipinski definition) is 1. The number of esters is 1. The lowest BCUT2D eigenvalue weighted by atomic mass is 10.1. The van der Waals surface area contributed by atoms with Crippen molar-refractivity contribution in [3.8, 4) is 5.75 Å². The van der Waals surface area contributed by atoms with E-state index in [2.05, 4.69) is 10.3 Å². The lowest BCUT2D eigenvalue weighted by molar-refractivity contribution is -0.123. The quantitative estimate of drug-likeness (QED) is 0.645. The molecule has 28 heavy (non-hydrogen) atoms. The summed E-state index contributed by atoms with van der Waals surface area (Å²) >= 11 is 6.06. The molecule has 0 aliphatic rings. The molecule has 0 fully saturated rings. The SMILES string of the molecule is COc1ccc(NC(=O)[C@H](C)OC(=O)c2cc(C)nc3ccccc23)cc1Cl. The molecule has 1 heterocycles. The van der Waals surface area contributed by atoms with Crippen LogP contribution >= 0.6 is 11.6 Å². The normalized spacial score (nSPS) is 11.7. The Kier molecular flexibility index (Phi) is 5.80. The number of ether oxygens (including phenoxy) is 2. The number of halogens is 1. The van der Waals surface area contributed by atoms with E-state index >= 15 is 0 Å². The number of carbonyl (C=O) groups is 2. The third-order valence-corrected chi connectivity index (χ3v) is 4.43. The van der Waals surface area contributed by atoms with E-state index in [4.69, 9.17) is 21.1 Å². The molecule has 1 atom stereocenters. The molecule has 0 bridgehead atoms. The van der Waals surface area contributed by atoms with E-state index < -0.39 is 18.0 Å². The highest BCUT2D eigenvalue weighted by atomic mass is 35.5. The first-order chi connectivity index (χ1) is 13.4. The molecule has 6 nitrogen and oxygen atoms in total. The zero-order chi connectivity index (χ0) is 20.3. The van der Waals surface area contributed by atoms with Crippen molar-refractivity contribution in [3.63, 3.8) is 0 Å². The van der Waals surface area contributed by atoms with E-state index in [1.54, 1.807) is 37.3 Å². The summed E-state index contributed by atoms with van der Waals surface area (Å²) in [5, 5.41) is 3.71. The largest absolute Gasteiger partial charge is 0.495 e. The number of anilines is 1. The first-order valence-corrected chi connectivity index (χ1v) is 8.98. The number of rotatable bonds is 5. The predicted octanol–water partition coefficient (Wildman–Crippen LogP) is 4.39. The molecule has 0 saturated heterocycles. The molecule has 2 aromatic carbocycles. The Balaban J connectivity index is 1.74. The fourth-order valence-corrected chi connectivity index (χ4v) is 3.00. The van der Waals surface area contributed by atoms with E-state index in [9.17, 15) is 9.59 Å².